The number of rotatable bonds is 5. The minimum Gasteiger partial charge on any atom is -0.494 e. The van der Waals surface area contributed by atoms with Gasteiger partial charge in [-0.3, -0.25) is 4.99 Å². The quantitative estimate of drug-likeness (QED) is 0.651. The van der Waals surface area contributed by atoms with Gasteiger partial charge in [0.15, 0.2) is 17.5 Å². The van der Waals surface area contributed by atoms with E-state index in [0.717, 1.165) is 16.3 Å². The van der Waals surface area contributed by atoms with Gasteiger partial charge in [0.2, 0.25) is 0 Å². The first-order valence-corrected chi connectivity index (χ1v) is 8.05. The molecule has 2 aromatic rings. The van der Waals surface area contributed by atoms with E-state index in [4.69, 9.17) is 4.74 Å². The van der Waals surface area contributed by atoms with Crippen molar-refractivity contribution in [2.24, 2.45) is 4.99 Å². The van der Waals surface area contributed by atoms with Crippen molar-refractivity contribution in [3.8, 4) is 5.75 Å². The lowest BCUT2D eigenvalue weighted by atomic mass is 10.2. The molecule has 0 aliphatic carbocycles. The summed E-state index contributed by atoms with van der Waals surface area (Å²) in [6, 6.07) is 4.88. The van der Waals surface area contributed by atoms with Crippen LogP contribution >= 0.6 is 11.3 Å². The molecule has 0 atom stereocenters. The number of aromatic nitrogens is 1. The first-order chi connectivity index (χ1) is 11.0. The standard InChI is InChI=1S/C16H21FN4OS/c1-10-11(2)23-15(21-10)9-20-16(18-3)19-8-12-5-6-14(22-4)13(17)7-12/h5-7H,8-9H2,1-4H3,(H2,18,19,20). The summed E-state index contributed by atoms with van der Waals surface area (Å²) in [6.07, 6.45) is 0. The van der Waals surface area contributed by atoms with Crippen molar-refractivity contribution in [1.82, 2.24) is 15.6 Å². The zero-order valence-electron chi connectivity index (χ0n) is 13.7. The Labute approximate surface area is 139 Å². The Balaban J connectivity index is 1.88. The average molecular weight is 336 g/mol. The molecule has 2 N–H and O–H groups in total. The summed E-state index contributed by atoms with van der Waals surface area (Å²) in [5, 5.41) is 7.36. The third-order valence-electron chi connectivity index (χ3n) is 3.38. The third-order valence-corrected chi connectivity index (χ3v) is 4.45. The van der Waals surface area contributed by atoms with E-state index in [-0.39, 0.29) is 11.6 Å². The summed E-state index contributed by atoms with van der Waals surface area (Å²) in [5.74, 6) is 0.515. The number of thiazole rings is 1. The lowest BCUT2D eigenvalue weighted by Crippen LogP contribution is -2.36. The summed E-state index contributed by atoms with van der Waals surface area (Å²) in [6.45, 7) is 5.13. The zero-order chi connectivity index (χ0) is 16.8. The van der Waals surface area contributed by atoms with Crippen molar-refractivity contribution in [3.63, 3.8) is 0 Å². The number of benzene rings is 1. The number of ether oxygens (including phenoxy) is 1. The number of hydrogen-bond acceptors (Lipinski definition) is 4. The lowest BCUT2D eigenvalue weighted by molar-refractivity contribution is 0.386. The van der Waals surface area contributed by atoms with Gasteiger partial charge in [0.25, 0.3) is 0 Å². The molecule has 0 spiro atoms. The molecular weight excluding hydrogens is 315 g/mol. The van der Waals surface area contributed by atoms with Crippen LogP contribution in [0.2, 0.25) is 0 Å². The molecule has 0 aliphatic heterocycles. The largest absolute Gasteiger partial charge is 0.494 e. The van der Waals surface area contributed by atoms with Gasteiger partial charge in [0, 0.05) is 18.5 Å². The number of nitrogens with zero attached hydrogens (tertiary/aromatic N) is 2. The zero-order valence-corrected chi connectivity index (χ0v) is 14.6. The Morgan fingerprint density at radius 3 is 2.61 bits per heavy atom. The number of aliphatic imine (C=N–C) groups is 1. The second-order valence-corrected chi connectivity index (χ2v) is 6.29. The van der Waals surface area contributed by atoms with Crippen molar-refractivity contribution in [1.29, 1.82) is 0 Å². The van der Waals surface area contributed by atoms with Crippen molar-refractivity contribution in [2.75, 3.05) is 14.2 Å². The molecule has 0 radical (unpaired) electrons. The lowest BCUT2D eigenvalue weighted by Gasteiger charge is -2.11. The van der Waals surface area contributed by atoms with E-state index < -0.39 is 0 Å². The van der Waals surface area contributed by atoms with Gasteiger partial charge in [-0.25, -0.2) is 9.37 Å². The van der Waals surface area contributed by atoms with E-state index in [2.05, 4.69) is 27.5 Å². The van der Waals surface area contributed by atoms with Crippen LogP contribution in [0.5, 0.6) is 5.75 Å². The maximum Gasteiger partial charge on any atom is 0.191 e. The maximum atomic E-state index is 13.7. The molecule has 0 saturated carbocycles. The van der Waals surface area contributed by atoms with E-state index in [1.165, 1.54) is 18.1 Å². The molecule has 124 valence electrons. The number of hydrogen-bond donors (Lipinski definition) is 2. The van der Waals surface area contributed by atoms with Crippen LogP contribution < -0.4 is 15.4 Å². The molecular formula is C16H21FN4OS. The third kappa shape index (κ3) is 4.66. The highest BCUT2D eigenvalue weighted by molar-refractivity contribution is 7.11. The van der Waals surface area contributed by atoms with Crippen LogP contribution in [0.15, 0.2) is 23.2 Å². The van der Waals surface area contributed by atoms with Gasteiger partial charge < -0.3 is 15.4 Å². The van der Waals surface area contributed by atoms with Gasteiger partial charge >= 0.3 is 0 Å². The fourth-order valence-corrected chi connectivity index (χ4v) is 2.87. The molecule has 0 aliphatic rings. The Morgan fingerprint density at radius 1 is 1.30 bits per heavy atom. The Bertz CT molecular complexity index is 680. The Morgan fingerprint density at radius 2 is 2.04 bits per heavy atom. The molecule has 2 rings (SSSR count). The SMILES string of the molecule is CN=C(NCc1ccc(OC)c(F)c1)NCc1nc(C)c(C)s1. The molecule has 0 fully saturated rings. The molecule has 23 heavy (non-hydrogen) atoms. The van der Waals surface area contributed by atoms with Gasteiger partial charge in [0.1, 0.15) is 5.01 Å². The second-order valence-electron chi connectivity index (χ2n) is 5.00. The highest BCUT2D eigenvalue weighted by atomic mass is 32.1. The highest BCUT2D eigenvalue weighted by Crippen LogP contribution is 2.17. The van der Waals surface area contributed by atoms with Gasteiger partial charge in [-0.2, -0.15) is 0 Å². The van der Waals surface area contributed by atoms with Gasteiger partial charge in [-0.15, -0.1) is 11.3 Å². The smallest absolute Gasteiger partial charge is 0.191 e. The fraction of sp³-hybridized carbons (Fsp3) is 0.375. The van der Waals surface area contributed by atoms with Crippen molar-refractivity contribution in [2.45, 2.75) is 26.9 Å². The van der Waals surface area contributed by atoms with E-state index in [9.17, 15) is 4.39 Å². The van der Waals surface area contributed by atoms with Crippen LogP contribution in [0.4, 0.5) is 4.39 Å². The van der Waals surface area contributed by atoms with Crippen LogP contribution in [-0.4, -0.2) is 25.1 Å². The van der Waals surface area contributed by atoms with Crippen LogP contribution in [0.25, 0.3) is 0 Å². The first kappa shape index (κ1) is 17.2. The molecule has 1 aromatic carbocycles. The second kappa shape index (κ2) is 7.92. The van der Waals surface area contributed by atoms with E-state index >= 15 is 0 Å². The minimum atomic E-state index is -0.372. The molecule has 0 unspecified atom stereocenters. The molecule has 0 amide bonds. The predicted octanol–water partition coefficient (Wildman–Crippen LogP) is 2.77. The van der Waals surface area contributed by atoms with Gasteiger partial charge in [-0.05, 0) is 31.5 Å². The number of methoxy groups -OCH3 is 1. The predicted molar refractivity (Wildman–Crippen MR) is 91.6 cm³/mol. The van der Waals surface area contributed by atoms with E-state index in [1.54, 1.807) is 24.5 Å². The van der Waals surface area contributed by atoms with E-state index in [0.29, 0.717) is 19.0 Å². The highest BCUT2D eigenvalue weighted by Gasteiger charge is 2.06. The van der Waals surface area contributed by atoms with Crippen LogP contribution in [0.3, 0.4) is 0 Å². The van der Waals surface area contributed by atoms with Crippen LogP contribution in [0.1, 0.15) is 21.1 Å². The summed E-state index contributed by atoms with van der Waals surface area (Å²) in [7, 11) is 3.15. The van der Waals surface area contributed by atoms with Crippen molar-refractivity contribution < 1.29 is 9.13 Å². The summed E-state index contributed by atoms with van der Waals surface area (Å²) >= 11 is 1.67. The Kier molecular flexibility index (Phi) is 5.92. The number of halogens is 1. The monoisotopic (exact) mass is 336 g/mol. The molecule has 0 saturated heterocycles. The summed E-state index contributed by atoms with van der Waals surface area (Å²) in [4.78, 5) is 9.85. The number of aryl methyl sites for hydroxylation is 2. The minimum absolute atomic E-state index is 0.241. The van der Waals surface area contributed by atoms with Crippen LogP contribution in [0, 0.1) is 19.7 Å². The van der Waals surface area contributed by atoms with Crippen molar-refractivity contribution in [3.05, 3.63) is 45.2 Å². The summed E-state index contributed by atoms with van der Waals surface area (Å²) < 4.78 is 18.6. The maximum absolute atomic E-state index is 13.7. The molecule has 5 nitrogen and oxygen atoms in total. The molecule has 0 bridgehead atoms. The molecule has 7 heteroatoms. The Hall–Kier alpha value is -2.15. The molecule has 1 heterocycles. The normalized spacial score (nSPS) is 11.4. The fourth-order valence-electron chi connectivity index (χ4n) is 2.00. The first-order valence-electron chi connectivity index (χ1n) is 7.23. The van der Waals surface area contributed by atoms with E-state index in [1.807, 2.05) is 13.0 Å². The average Bonchev–Trinajstić information content (AvgIpc) is 2.86. The van der Waals surface area contributed by atoms with Gasteiger partial charge in [0.05, 0.1) is 19.3 Å². The molecule has 1 aromatic heterocycles. The summed E-state index contributed by atoms with van der Waals surface area (Å²) in [5.41, 5.74) is 1.87. The number of nitrogens with one attached hydrogen (secondary N) is 2. The van der Waals surface area contributed by atoms with Crippen LogP contribution in [-0.2, 0) is 13.1 Å². The van der Waals surface area contributed by atoms with Gasteiger partial charge in [-0.1, -0.05) is 6.07 Å². The number of guanidine groups is 1. The van der Waals surface area contributed by atoms with Crippen molar-refractivity contribution >= 4 is 17.3 Å². The topological polar surface area (TPSA) is 58.5 Å².